The highest BCUT2D eigenvalue weighted by Crippen LogP contribution is 2.18. The Hall–Kier alpha value is -2.14. The minimum Gasteiger partial charge on any atom is -0.491 e. The monoisotopic (exact) mass is 275 g/mol. The third kappa shape index (κ3) is 4.51. The first kappa shape index (κ1) is 14.3. The number of carbonyl (C=O) groups excluding carboxylic acids is 1. The Labute approximate surface area is 117 Å². The highest BCUT2D eigenvalue weighted by molar-refractivity contribution is 5.79. The molecular formula is C15H17NO4. The van der Waals surface area contributed by atoms with Gasteiger partial charge in [0.15, 0.2) is 0 Å². The fraction of sp³-hybridized carbons (Fsp3) is 0.333. The largest absolute Gasteiger partial charge is 0.491 e. The molecule has 0 aliphatic carbocycles. The highest BCUT2D eigenvalue weighted by atomic mass is 16.6. The summed E-state index contributed by atoms with van der Waals surface area (Å²) >= 11 is 0. The minimum absolute atomic E-state index is 0.275. The summed E-state index contributed by atoms with van der Waals surface area (Å²) in [6.07, 6.45) is 1.76. The van der Waals surface area contributed by atoms with Crippen LogP contribution >= 0.6 is 0 Å². The molecule has 0 radical (unpaired) electrons. The summed E-state index contributed by atoms with van der Waals surface area (Å²) in [5.74, 6) is 0.490. The maximum absolute atomic E-state index is 10.5. The van der Waals surface area contributed by atoms with Gasteiger partial charge in [0, 0.05) is 18.5 Å². The van der Waals surface area contributed by atoms with Gasteiger partial charge in [0.05, 0.1) is 18.7 Å². The lowest BCUT2D eigenvalue weighted by Gasteiger charge is -2.08. The van der Waals surface area contributed by atoms with Gasteiger partial charge in [-0.15, -0.1) is 0 Å². The number of rotatable bonds is 7. The van der Waals surface area contributed by atoms with E-state index in [1.165, 1.54) is 6.92 Å². The zero-order valence-electron chi connectivity index (χ0n) is 11.4. The van der Waals surface area contributed by atoms with Crippen LogP contribution < -0.4 is 4.74 Å². The second kappa shape index (κ2) is 7.45. The first-order chi connectivity index (χ1) is 9.75. The normalized spacial score (nSPS) is 10.4. The summed E-state index contributed by atoms with van der Waals surface area (Å²) in [5, 5.41) is 1.04. The van der Waals surface area contributed by atoms with Crippen molar-refractivity contribution in [3.63, 3.8) is 0 Å². The van der Waals surface area contributed by atoms with Crippen LogP contribution in [0.2, 0.25) is 0 Å². The van der Waals surface area contributed by atoms with E-state index in [0.29, 0.717) is 19.8 Å². The quantitative estimate of drug-likeness (QED) is 0.572. The lowest BCUT2D eigenvalue weighted by molar-refractivity contribution is -0.142. The molecule has 0 amide bonds. The molecule has 2 rings (SSSR count). The Morgan fingerprint density at radius 2 is 2.00 bits per heavy atom. The van der Waals surface area contributed by atoms with Crippen molar-refractivity contribution in [1.82, 2.24) is 4.98 Å². The fourth-order valence-electron chi connectivity index (χ4n) is 1.71. The molecule has 0 aliphatic rings. The lowest BCUT2D eigenvalue weighted by Crippen LogP contribution is -2.12. The molecule has 106 valence electrons. The molecule has 0 fully saturated rings. The molecule has 5 nitrogen and oxygen atoms in total. The van der Waals surface area contributed by atoms with Crippen molar-refractivity contribution in [3.05, 3.63) is 36.5 Å². The molecule has 20 heavy (non-hydrogen) atoms. The van der Waals surface area contributed by atoms with Gasteiger partial charge in [-0.25, -0.2) is 0 Å². The van der Waals surface area contributed by atoms with Crippen LogP contribution in [-0.2, 0) is 14.3 Å². The van der Waals surface area contributed by atoms with Gasteiger partial charge in [0.25, 0.3) is 0 Å². The van der Waals surface area contributed by atoms with Crippen molar-refractivity contribution in [2.45, 2.75) is 6.92 Å². The average molecular weight is 275 g/mol. The maximum Gasteiger partial charge on any atom is 0.302 e. The van der Waals surface area contributed by atoms with Crippen LogP contribution in [0, 0.1) is 0 Å². The van der Waals surface area contributed by atoms with E-state index >= 15 is 0 Å². The smallest absolute Gasteiger partial charge is 0.302 e. The molecule has 1 aromatic carbocycles. The van der Waals surface area contributed by atoms with E-state index in [1.807, 2.05) is 30.3 Å². The Morgan fingerprint density at radius 1 is 1.15 bits per heavy atom. The van der Waals surface area contributed by atoms with Gasteiger partial charge in [-0.3, -0.25) is 9.78 Å². The number of pyridine rings is 1. The molecule has 0 atom stereocenters. The Bertz CT molecular complexity index is 571. The maximum atomic E-state index is 10.5. The zero-order chi connectivity index (χ0) is 14.2. The molecule has 0 N–H and O–H groups in total. The number of esters is 1. The number of hydrogen-bond acceptors (Lipinski definition) is 5. The minimum atomic E-state index is -0.297. The Kier molecular flexibility index (Phi) is 5.32. The lowest BCUT2D eigenvalue weighted by atomic mass is 10.2. The van der Waals surface area contributed by atoms with E-state index < -0.39 is 0 Å². The molecule has 1 aromatic heterocycles. The highest BCUT2D eigenvalue weighted by Gasteiger charge is 1.98. The molecule has 0 saturated heterocycles. The molecule has 5 heteroatoms. The van der Waals surface area contributed by atoms with Crippen LogP contribution in [0.1, 0.15) is 6.92 Å². The van der Waals surface area contributed by atoms with E-state index in [9.17, 15) is 4.79 Å². The molecule has 0 unspecified atom stereocenters. The standard InChI is InChI=1S/C15H17NO4/c1-12(17)19-9-7-18-8-10-20-14-4-5-15-13(11-14)3-2-6-16-15/h2-6,11H,7-10H2,1H3. The number of fused-ring (bicyclic) bond motifs is 1. The van der Waals surface area contributed by atoms with E-state index in [0.717, 1.165) is 16.7 Å². The summed E-state index contributed by atoms with van der Waals surface area (Å²) in [7, 11) is 0. The first-order valence-electron chi connectivity index (χ1n) is 6.44. The molecular weight excluding hydrogens is 258 g/mol. The Balaban J connectivity index is 1.69. The van der Waals surface area contributed by atoms with Crippen molar-refractivity contribution in [1.29, 1.82) is 0 Å². The van der Waals surface area contributed by atoms with Crippen LogP contribution in [0.5, 0.6) is 5.75 Å². The molecule has 0 saturated carbocycles. The topological polar surface area (TPSA) is 57.7 Å². The predicted molar refractivity (Wildman–Crippen MR) is 74.7 cm³/mol. The third-order valence-electron chi connectivity index (χ3n) is 2.60. The Morgan fingerprint density at radius 3 is 2.85 bits per heavy atom. The van der Waals surface area contributed by atoms with Crippen molar-refractivity contribution < 1.29 is 19.0 Å². The number of ether oxygens (including phenoxy) is 3. The van der Waals surface area contributed by atoms with Crippen LogP contribution in [0.4, 0.5) is 0 Å². The number of carbonyl (C=O) groups is 1. The van der Waals surface area contributed by atoms with Gasteiger partial charge in [-0.05, 0) is 24.3 Å². The van der Waals surface area contributed by atoms with Gasteiger partial charge in [-0.2, -0.15) is 0 Å². The van der Waals surface area contributed by atoms with Crippen molar-refractivity contribution >= 4 is 16.9 Å². The number of aromatic nitrogens is 1. The van der Waals surface area contributed by atoms with Crippen LogP contribution in [-0.4, -0.2) is 37.4 Å². The molecule has 1 heterocycles. The van der Waals surface area contributed by atoms with E-state index in [2.05, 4.69) is 4.98 Å². The summed E-state index contributed by atoms with van der Waals surface area (Å²) < 4.78 is 15.6. The number of hydrogen-bond donors (Lipinski definition) is 0. The van der Waals surface area contributed by atoms with Crippen LogP contribution in [0.15, 0.2) is 36.5 Å². The average Bonchev–Trinajstić information content (AvgIpc) is 2.46. The summed E-state index contributed by atoms with van der Waals surface area (Å²) in [5.41, 5.74) is 0.942. The van der Waals surface area contributed by atoms with Gasteiger partial charge in [-0.1, -0.05) is 6.07 Å². The second-order valence-corrected chi connectivity index (χ2v) is 4.16. The van der Waals surface area contributed by atoms with Gasteiger partial charge < -0.3 is 14.2 Å². The SMILES string of the molecule is CC(=O)OCCOCCOc1ccc2ncccc2c1. The van der Waals surface area contributed by atoms with E-state index in [4.69, 9.17) is 14.2 Å². The zero-order valence-corrected chi connectivity index (χ0v) is 11.4. The van der Waals surface area contributed by atoms with E-state index in [-0.39, 0.29) is 12.6 Å². The molecule has 2 aromatic rings. The van der Waals surface area contributed by atoms with Gasteiger partial charge in [0.2, 0.25) is 0 Å². The number of benzene rings is 1. The summed E-state index contributed by atoms with van der Waals surface area (Å²) in [4.78, 5) is 14.8. The fourth-order valence-corrected chi connectivity index (χ4v) is 1.71. The second-order valence-electron chi connectivity index (χ2n) is 4.16. The van der Waals surface area contributed by atoms with Crippen LogP contribution in [0.25, 0.3) is 10.9 Å². The molecule has 0 bridgehead atoms. The van der Waals surface area contributed by atoms with Gasteiger partial charge in [0.1, 0.15) is 19.0 Å². The van der Waals surface area contributed by atoms with Crippen LogP contribution in [0.3, 0.4) is 0 Å². The van der Waals surface area contributed by atoms with Crippen molar-refractivity contribution in [3.8, 4) is 5.75 Å². The van der Waals surface area contributed by atoms with Crippen molar-refractivity contribution in [2.24, 2.45) is 0 Å². The van der Waals surface area contributed by atoms with Gasteiger partial charge >= 0.3 is 5.97 Å². The van der Waals surface area contributed by atoms with Crippen molar-refractivity contribution in [2.75, 3.05) is 26.4 Å². The van der Waals surface area contributed by atoms with E-state index in [1.54, 1.807) is 6.20 Å². The predicted octanol–water partition coefficient (Wildman–Crippen LogP) is 2.19. The first-order valence-corrected chi connectivity index (χ1v) is 6.44. The molecule has 0 aliphatic heterocycles. The number of nitrogens with zero attached hydrogens (tertiary/aromatic N) is 1. The molecule has 0 spiro atoms. The summed E-state index contributed by atoms with van der Waals surface area (Å²) in [6.45, 7) is 2.93. The summed E-state index contributed by atoms with van der Waals surface area (Å²) in [6, 6.07) is 9.64. The third-order valence-corrected chi connectivity index (χ3v) is 2.60.